The smallest absolute Gasteiger partial charge is 0.224 e. The lowest BCUT2D eigenvalue weighted by molar-refractivity contribution is -0.123. The van der Waals surface area contributed by atoms with Crippen LogP contribution in [0.4, 0.5) is 0 Å². The molecule has 3 rings (SSSR count). The molecule has 18 heavy (non-hydrogen) atoms. The maximum absolute atomic E-state index is 12.1. The lowest BCUT2D eigenvalue weighted by atomic mass is 9.92. The van der Waals surface area contributed by atoms with Crippen molar-refractivity contribution >= 4 is 5.91 Å². The minimum absolute atomic E-state index is 0.00435. The molecule has 0 aromatic heterocycles. The largest absolute Gasteiger partial charge is 0.394 e. The van der Waals surface area contributed by atoms with Crippen LogP contribution in [0.3, 0.4) is 0 Å². The zero-order chi connectivity index (χ0) is 12.7. The molecule has 3 unspecified atom stereocenters. The Hall–Kier alpha value is -1.35. The summed E-state index contributed by atoms with van der Waals surface area (Å²) in [5.41, 5.74) is 2.77. The summed E-state index contributed by atoms with van der Waals surface area (Å²) in [6.07, 6.45) is 2.21. The molecule has 1 amide bonds. The summed E-state index contributed by atoms with van der Waals surface area (Å²) in [7, 11) is 0. The van der Waals surface area contributed by atoms with Crippen molar-refractivity contribution in [3.63, 3.8) is 0 Å². The van der Waals surface area contributed by atoms with Gasteiger partial charge in [-0.3, -0.25) is 4.79 Å². The SMILES string of the molecule is C[C@H](CO)NC(=O)C1C2CCc3ccccc3C21. The van der Waals surface area contributed by atoms with Crippen LogP contribution in [-0.2, 0) is 11.2 Å². The number of aryl methyl sites for hydroxylation is 1. The third kappa shape index (κ3) is 1.83. The maximum atomic E-state index is 12.1. The number of rotatable bonds is 3. The van der Waals surface area contributed by atoms with Gasteiger partial charge in [0.25, 0.3) is 0 Å². The number of aliphatic hydroxyl groups excluding tert-OH is 1. The normalized spacial score (nSPS) is 30.0. The molecule has 2 aliphatic rings. The lowest BCUT2D eigenvalue weighted by Gasteiger charge is -2.13. The Bertz CT molecular complexity index is 471. The number of carbonyl (C=O) groups is 1. The van der Waals surface area contributed by atoms with E-state index in [-0.39, 0.29) is 24.5 Å². The fraction of sp³-hybridized carbons (Fsp3) is 0.533. The van der Waals surface area contributed by atoms with Crippen LogP contribution >= 0.6 is 0 Å². The zero-order valence-electron chi connectivity index (χ0n) is 10.6. The van der Waals surface area contributed by atoms with Gasteiger partial charge in [0.2, 0.25) is 5.91 Å². The molecule has 2 N–H and O–H groups in total. The quantitative estimate of drug-likeness (QED) is 0.847. The van der Waals surface area contributed by atoms with E-state index in [2.05, 4.69) is 29.6 Å². The second kappa shape index (κ2) is 4.39. The molecule has 0 bridgehead atoms. The number of benzene rings is 1. The van der Waals surface area contributed by atoms with E-state index in [0.717, 1.165) is 12.8 Å². The molecule has 1 aromatic carbocycles. The molecule has 2 aliphatic carbocycles. The molecular weight excluding hydrogens is 226 g/mol. The summed E-state index contributed by atoms with van der Waals surface area (Å²) >= 11 is 0. The van der Waals surface area contributed by atoms with Crippen molar-refractivity contribution in [2.75, 3.05) is 6.61 Å². The van der Waals surface area contributed by atoms with E-state index in [1.54, 1.807) is 0 Å². The summed E-state index contributed by atoms with van der Waals surface area (Å²) in [5, 5.41) is 11.9. The number of aliphatic hydroxyl groups is 1. The van der Waals surface area contributed by atoms with Crippen molar-refractivity contribution in [3.8, 4) is 0 Å². The third-order valence-corrected chi connectivity index (χ3v) is 4.30. The molecule has 0 aliphatic heterocycles. The molecule has 0 heterocycles. The van der Waals surface area contributed by atoms with Gasteiger partial charge in [0.1, 0.15) is 0 Å². The molecule has 0 saturated heterocycles. The van der Waals surface area contributed by atoms with E-state index >= 15 is 0 Å². The summed E-state index contributed by atoms with van der Waals surface area (Å²) in [6, 6.07) is 8.33. The van der Waals surface area contributed by atoms with Crippen LogP contribution < -0.4 is 5.32 Å². The zero-order valence-corrected chi connectivity index (χ0v) is 10.6. The van der Waals surface area contributed by atoms with Crippen molar-refractivity contribution < 1.29 is 9.90 Å². The van der Waals surface area contributed by atoms with Crippen molar-refractivity contribution in [2.24, 2.45) is 11.8 Å². The first-order valence-corrected chi connectivity index (χ1v) is 6.71. The fourth-order valence-corrected chi connectivity index (χ4v) is 3.31. The average Bonchev–Trinajstić information content (AvgIpc) is 3.13. The van der Waals surface area contributed by atoms with E-state index in [4.69, 9.17) is 5.11 Å². The van der Waals surface area contributed by atoms with Gasteiger partial charge in [-0.15, -0.1) is 0 Å². The molecule has 3 nitrogen and oxygen atoms in total. The van der Waals surface area contributed by atoms with Crippen molar-refractivity contribution in [1.82, 2.24) is 5.32 Å². The van der Waals surface area contributed by atoms with E-state index in [1.165, 1.54) is 11.1 Å². The number of carbonyl (C=O) groups excluding carboxylic acids is 1. The van der Waals surface area contributed by atoms with Crippen LogP contribution in [0, 0.1) is 11.8 Å². The van der Waals surface area contributed by atoms with Gasteiger partial charge < -0.3 is 10.4 Å². The Morgan fingerprint density at radius 3 is 3.06 bits per heavy atom. The molecule has 0 spiro atoms. The van der Waals surface area contributed by atoms with Crippen LogP contribution in [0.15, 0.2) is 24.3 Å². The highest BCUT2D eigenvalue weighted by Crippen LogP contribution is 2.59. The van der Waals surface area contributed by atoms with Gasteiger partial charge in [-0.05, 0) is 42.7 Å². The third-order valence-electron chi connectivity index (χ3n) is 4.30. The lowest BCUT2D eigenvalue weighted by Crippen LogP contribution is -2.36. The molecule has 1 saturated carbocycles. The Morgan fingerprint density at radius 1 is 1.50 bits per heavy atom. The molecule has 0 radical (unpaired) electrons. The van der Waals surface area contributed by atoms with E-state index in [9.17, 15) is 4.79 Å². The van der Waals surface area contributed by atoms with E-state index in [1.807, 2.05) is 6.92 Å². The van der Waals surface area contributed by atoms with Crippen LogP contribution in [-0.4, -0.2) is 23.7 Å². The Kier molecular flexibility index (Phi) is 2.86. The van der Waals surface area contributed by atoms with E-state index in [0.29, 0.717) is 11.8 Å². The van der Waals surface area contributed by atoms with Crippen LogP contribution in [0.25, 0.3) is 0 Å². The van der Waals surface area contributed by atoms with E-state index < -0.39 is 0 Å². The van der Waals surface area contributed by atoms with Gasteiger partial charge >= 0.3 is 0 Å². The predicted molar refractivity (Wildman–Crippen MR) is 69.2 cm³/mol. The summed E-state index contributed by atoms with van der Waals surface area (Å²) in [4.78, 5) is 12.1. The van der Waals surface area contributed by atoms with Gasteiger partial charge in [0.15, 0.2) is 0 Å². The number of nitrogens with one attached hydrogen (secondary N) is 1. The highest BCUT2D eigenvalue weighted by Gasteiger charge is 2.56. The molecule has 1 aromatic rings. The van der Waals surface area contributed by atoms with Crippen LogP contribution in [0.1, 0.15) is 30.4 Å². The number of amides is 1. The van der Waals surface area contributed by atoms with Gasteiger partial charge in [-0.25, -0.2) is 0 Å². The summed E-state index contributed by atoms with van der Waals surface area (Å²) in [6.45, 7) is 1.84. The standard InChI is InChI=1S/C15H19NO2/c1-9(8-17)16-15(18)14-12-7-6-10-4-2-3-5-11(10)13(12)14/h2-5,9,12-14,17H,6-8H2,1H3,(H,16,18)/t9-,12?,13?,14?/m1/s1. The second-order valence-electron chi connectivity index (χ2n) is 5.55. The van der Waals surface area contributed by atoms with Crippen LogP contribution in [0.5, 0.6) is 0 Å². The van der Waals surface area contributed by atoms with Gasteiger partial charge in [-0.2, -0.15) is 0 Å². The first-order valence-electron chi connectivity index (χ1n) is 6.71. The van der Waals surface area contributed by atoms with Crippen molar-refractivity contribution in [1.29, 1.82) is 0 Å². The Balaban J connectivity index is 1.75. The number of hydrogen-bond acceptors (Lipinski definition) is 2. The molecular formula is C15H19NO2. The number of hydrogen-bond donors (Lipinski definition) is 2. The number of fused-ring (bicyclic) bond motifs is 3. The first kappa shape index (κ1) is 11.7. The predicted octanol–water partition coefficient (Wildman–Crippen LogP) is 1.46. The monoisotopic (exact) mass is 245 g/mol. The molecule has 1 fully saturated rings. The second-order valence-corrected chi connectivity index (χ2v) is 5.55. The highest BCUT2D eigenvalue weighted by atomic mass is 16.3. The van der Waals surface area contributed by atoms with Crippen LogP contribution in [0.2, 0.25) is 0 Å². The minimum atomic E-state index is -0.143. The first-order chi connectivity index (χ1) is 8.72. The molecule has 4 atom stereocenters. The van der Waals surface area contributed by atoms with Crippen molar-refractivity contribution in [2.45, 2.75) is 31.7 Å². The minimum Gasteiger partial charge on any atom is -0.394 e. The summed E-state index contributed by atoms with van der Waals surface area (Å²) in [5.74, 6) is 1.18. The topological polar surface area (TPSA) is 49.3 Å². The molecule has 3 heteroatoms. The fourth-order valence-electron chi connectivity index (χ4n) is 3.31. The Morgan fingerprint density at radius 2 is 2.28 bits per heavy atom. The van der Waals surface area contributed by atoms with Gasteiger partial charge in [0, 0.05) is 12.0 Å². The van der Waals surface area contributed by atoms with Crippen molar-refractivity contribution in [3.05, 3.63) is 35.4 Å². The van der Waals surface area contributed by atoms with Gasteiger partial charge in [0.05, 0.1) is 6.61 Å². The highest BCUT2D eigenvalue weighted by molar-refractivity contribution is 5.84. The molecule has 96 valence electrons. The maximum Gasteiger partial charge on any atom is 0.224 e. The van der Waals surface area contributed by atoms with Gasteiger partial charge in [-0.1, -0.05) is 24.3 Å². The summed E-state index contributed by atoms with van der Waals surface area (Å²) < 4.78 is 0. The Labute approximate surface area is 107 Å². The average molecular weight is 245 g/mol.